The zero-order chi connectivity index (χ0) is 11.3. The molecule has 0 aromatic rings. The minimum Gasteiger partial charge on any atom is -0.468 e. The van der Waals surface area contributed by atoms with Crippen LogP contribution in [0.4, 0.5) is 0 Å². The molecule has 0 aromatic carbocycles. The lowest BCUT2D eigenvalue weighted by molar-refractivity contribution is -0.143. The molecule has 0 bridgehead atoms. The molecule has 0 unspecified atom stereocenters. The summed E-state index contributed by atoms with van der Waals surface area (Å²) >= 11 is 0. The zero-order valence-electron chi connectivity index (χ0n) is 9.84. The third kappa shape index (κ3) is 3.47. The first-order valence-corrected chi connectivity index (χ1v) is 5.56. The first-order chi connectivity index (χ1) is 7.11. The molecule has 1 heterocycles. The largest absolute Gasteiger partial charge is 0.468 e. The van der Waals surface area contributed by atoms with Gasteiger partial charge in [-0.2, -0.15) is 0 Å². The average Bonchev–Trinajstić information content (AvgIpc) is 2.66. The van der Waals surface area contributed by atoms with Gasteiger partial charge in [0.05, 0.1) is 12.7 Å². The molecule has 1 aliphatic rings. The van der Waals surface area contributed by atoms with Crippen molar-refractivity contribution in [3.05, 3.63) is 0 Å². The summed E-state index contributed by atoms with van der Waals surface area (Å²) < 4.78 is 10.3. The van der Waals surface area contributed by atoms with Crippen molar-refractivity contribution in [2.24, 2.45) is 0 Å². The lowest BCUT2D eigenvalue weighted by Gasteiger charge is -2.26. The van der Waals surface area contributed by atoms with E-state index in [9.17, 15) is 4.79 Å². The first-order valence-electron chi connectivity index (χ1n) is 5.56. The molecule has 88 valence electrons. The van der Waals surface area contributed by atoms with Crippen molar-refractivity contribution >= 4 is 5.97 Å². The Morgan fingerprint density at radius 2 is 2.40 bits per heavy atom. The molecular weight excluding hydrogens is 194 g/mol. The van der Waals surface area contributed by atoms with Crippen LogP contribution in [-0.4, -0.2) is 37.9 Å². The third-order valence-corrected chi connectivity index (χ3v) is 2.92. The quantitative estimate of drug-likeness (QED) is 0.698. The predicted molar refractivity (Wildman–Crippen MR) is 57.7 cm³/mol. The molecule has 1 rings (SSSR count). The van der Waals surface area contributed by atoms with Gasteiger partial charge in [0.1, 0.15) is 6.04 Å². The van der Waals surface area contributed by atoms with E-state index >= 15 is 0 Å². The van der Waals surface area contributed by atoms with Crippen molar-refractivity contribution in [2.75, 3.05) is 20.3 Å². The Kier molecular flexibility index (Phi) is 4.54. The van der Waals surface area contributed by atoms with Gasteiger partial charge < -0.3 is 14.8 Å². The molecule has 4 heteroatoms. The van der Waals surface area contributed by atoms with E-state index in [0.717, 1.165) is 25.9 Å². The summed E-state index contributed by atoms with van der Waals surface area (Å²) in [5.41, 5.74) is -0.110. The predicted octanol–water partition coefficient (Wildman–Crippen LogP) is 1.10. The molecule has 2 atom stereocenters. The van der Waals surface area contributed by atoms with E-state index in [-0.39, 0.29) is 17.6 Å². The minimum absolute atomic E-state index is 0.110. The van der Waals surface area contributed by atoms with Gasteiger partial charge in [-0.25, -0.2) is 0 Å². The summed E-state index contributed by atoms with van der Waals surface area (Å²) in [6.45, 7) is 5.58. The van der Waals surface area contributed by atoms with Crippen LogP contribution >= 0.6 is 0 Å². The number of hydrogen-bond acceptors (Lipinski definition) is 4. The fraction of sp³-hybridized carbons (Fsp3) is 0.909. The van der Waals surface area contributed by atoms with Gasteiger partial charge >= 0.3 is 5.97 Å². The van der Waals surface area contributed by atoms with Crippen LogP contribution in [0.1, 0.15) is 33.1 Å². The second-order valence-corrected chi connectivity index (χ2v) is 4.27. The highest BCUT2D eigenvalue weighted by atomic mass is 16.5. The molecule has 1 aliphatic heterocycles. The summed E-state index contributed by atoms with van der Waals surface area (Å²) in [5, 5.41) is 3.20. The molecule has 0 aromatic heterocycles. The molecule has 1 N–H and O–H groups in total. The highest BCUT2D eigenvalue weighted by Gasteiger charge is 2.31. The summed E-state index contributed by atoms with van der Waals surface area (Å²) in [7, 11) is 1.42. The van der Waals surface area contributed by atoms with Gasteiger partial charge in [-0.05, 0) is 26.2 Å². The third-order valence-electron chi connectivity index (χ3n) is 2.92. The van der Waals surface area contributed by atoms with Gasteiger partial charge in [-0.15, -0.1) is 0 Å². The maximum Gasteiger partial charge on any atom is 0.322 e. The maximum absolute atomic E-state index is 11.3. The lowest BCUT2D eigenvalue weighted by atomic mass is 10.0. The number of rotatable bonds is 5. The number of carbonyl (C=O) groups is 1. The Morgan fingerprint density at radius 3 is 2.87 bits per heavy atom. The highest BCUT2D eigenvalue weighted by molar-refractivity contribution is 5.75. The summed E-state index contributed by atoms with van der Waals surface area (Å²) in [6, 6.07) is -0.212. The number of carbonyl (C=O) groups excluding carboxylic acids is 1. The van der Waals surface area contributed by atoms with Gasteiger partial charge in [-0.1, -0.05) is 6.92 Å². The van der Waals surface area contributed by atoms with Crippen LogP contribution in [0.5, 0.6) is 0 Å². The second kappa shape index (κ2) is 5.47. The Labute approximate surface area is 91.3 Å². The first kappa shape index (κ1) is 12.5. The van der Waals surface area contributed by atoms with E-state index in [0.29, 0.717) is 6.54 Å². The summed E-state index contributed by atoms with van der Waals surface area (Å²) in [6.07, 6.45) is 2.90. The summed E-state index contributed by atoms with van der Waals surface area (Å²) in [5.74, 6) is -0.195. The van der Waals surface area contributed by atoms with Crippen LogP contribution in [0, 0.1) is 0 Å². The Balaban J connectivity index is 2.36. The fourth-order valence-electron chi connectivity index (χ4n) is 1.85. The summed E-state index contributed by atoms with van der Waals surface area (Å²) in [4.78, 5) is 11.3. The molecule has 4 nitrogen and oxygen atoms in total. The van der Waals surface area contributed by atoms with E-state index in [2.05, 4.69) is 12.2 Å². The van der Waals surface area contributed by atoms with Crippen molar-refractivity contribution in [1.82, 2.24) is 5.32 Å². The number of nitrogens with one attached hydrogen (secondary N) is 1. The van der Waals surface area contributed by atoms with Crippen molar-refractivity contribution in [3.63, 3.8) is 0 Å². The minimum atomic E-state index is -0.212. The molecule has 1 fully saturated rings. The van der Waals surface area contributed by atoms with Crippen LogP contribution in [-0.2, 0) is 14.3 Å². The van der Waals surface area contributed by atoms with Gasteiger partial charge in [0.15, 0.2) is 0 Å². The molecule has 15 heavy (non-hydrogen) atoms. The standard InChI is InChI=1S/C11H21NO3/c1-4-9(10(13)14-3)12-8-11(2)6-5-7-15-11/h9,12H,4-8H2,1-3H3/t9-,11+/m1/s1. The lowest BCUT2D eigenvalue weighted by Crippen LogP contribution is -2.45. The van der Waals surface area contributed by atoms with E-state index in [1.807, 2.05) is 6.92 Å². The Bertz CT molecular complexity index is 212. The second-order valence-electron chi connectivity index (χ2n) is 4.27. The topological polar surface area (TPSA) is 47.6 Å². The van der Waals surface area contributed by atoms with Gasteiger partial charge in [0.25, 0.3) is 0 Å². The van der Waals surface area contributed by atoms with Gasteiger partial charge in [0.2, 0.25) is 0 Å². The van der Waals surface area contributed by atoms with Crippen LogP contribution in [0.3, 0.4) is 0 Å². The van der Waals surface area contributed by atoms with E-state index in [1.54, 1.807) is 0 Å². The monoisotopic (exact) mass is 215 g/mol. The Morgan fingerprint density at radius 1 is 1.67 bits per heavy atom. The SMILES string of the molecule is CC[C@@H](NC[C@]1(C)CCCO1)C(=O)OC. The zero-order valence-corrected chi connectivity index (χ0v) is 9.84. The van der Waals surface area contributed by atoms with Crippen LogP contribution in [0.15, 0.2) is 0 Å². The molecule has 0 amide bonds. The normalized spacial score (nSPS) is 27.7. The molecule has 0 radical (unpaired) electrons. The number of ether oxygens (including phenoxy) is 2. The molecular formula is C11H21NO3. The van der Waals surface area contributed by atoms with E-state index in [4.69, 9.17) is 9.47 Å². The van der Waals surface area contributed by atoms with Crippen LogP contribution < -0.4 is 5.32 Å². The van der Waals surface area contributed by atoms with Crippen molar-refractivity contribution < 1.29 is 14.3 Å². The Hall–Kier alpha value is -0.610. The maximum atomic E-state index is 11.3. The average molecular weight is 215 g/mol. The highest BCUT2D eigenvalue weighted by Crippen LogP contribution is 2.24. The number of esters is 1. The van der Waals surface area contributed by atoms with Crippen molar-refractivity contribution in [3.8, 4) is 0 Å². The van der Waals surface area contributed by atoms with Gasteiger partial charge in [-0.3, -0.25) is 4.79 Å². The van der Waals surface area contributed by atoms with Crippen molar-refractivity contribution in [2.45, 2.75) is 44.8 Å². The fourth-order valence-corrected chi connectivity index (χ4v) is 1.85. The van der Waals surface area contributed by atoms with Crippen molar-refractivity contribution in [1.29, 1.82) is 0 Å². The number of hydrogen-bond donors (Lipinski definition) is 1. The molecule has 1 saturated heterocycles. The molecule has 0 spiro atoms. The smallest absolute Gasteiger partial charge is 0.322 e. The van der Waals surface area contributed by atoms with Crippen LogP contribution in [0.25, 0.3) is 0 Å². The molecule has 0 aliphatic carbocycles. The van der Waals surface area contributed by atoms with Crippen LogP contribution in [0.2, 0.25) is 0 Å². The van der Waals surface area contributed by atoms with E-state index in [1.165, 1.54) is 7.11 Å². The van der Waals surface area contributed by atoms with Gasteiger partial charge in [0, 0.05) is 13.2 Å². The molecule has 0 saturated carbocycles. The van der Waals surface area contributed by atoms with E-state index < -0.39 is 0 Å². The number of methoxy groups -OCH3 is 1.